The SMILES string of the molecule is Cc1cc(Br)c(-c2ccccn2)c(OC(=O)c2ccccc2)c1. The molecule has 0 atom stereocenters. The Kier molecular flexibility index (Phi) is 4.53. The first kappa shape index (κ1) is 15.4. The van der Waals surface area contributed by atoms with Crippen LogP contribution in [-0.2, 0) is 0 Å². The number of hydrogen-bond acceptors (Lipinski definition) is 3. The van der Waals surface area contributed by atoms with E-state index in [2.05, 4.69) is 20.9 Å². The summed E-state index contributed by atoms with van der Waals surface area (Å²) in [5.74, 6) is 0.102. The molecule has 1 heterocycles. The number of pyridine rings is 1. The van der Waals surface area contributed by atoms with E-state index in [1.807, 2.05) is 55.5 Å². The number of aryl methyl sites for hydroxylation is 1. The Morgan fingerprint density at radius 1 is 1.04 bits per heavy atom. The summed E-state index contributed by atoms with van der Waals surface area (Å²) in [6.07, 6.45) is 1.71. The van der Waals surface area contributed by atoms with Crippen molar-refractivity contribution in [2.45, 2.75) is 6.92 Å². The highest BCUT2D eigenvalue weighted by molar-refractivity contribution is 9.10. The molecule has 0 aliphatic heterocycles. The molecule has 0 aliphatic carbocycles. The highest BCUT2D eigenvalue weighted by Gasteiger charge is 2.16. The lowest BCUT2D eigenvalue weighted by Crippen LogP contribution is -2.09. The Balaban J connectivity index is 2.03. The standard InChI is InChI=1S/C19H14BrNO2/c1-13-11-15(20)18(16-9-5-6-10-21-16)17(12-13)23-19(22)14-7-3-2-4-8-14/h2-12H,1H3. The van der Waals surface area contributed by atoms with Crippen LogP contribution < -0.4 is 4.74 Å². The highest BCUT2D eigenvalue weighted by Crippen LogP contribution is 2.37. The van der Waals surface area contributed by atoms with Crippen LogP contribution in [0, 0.1) is 6.92 Å². The van der Waals surface area contributed by atoms with Crippen molar-refractivity contribution < 1.29 is 9.53 Å². The summed E-state index contributed by atoms with van der Waals surface area (Å²) < 4.78 is 6.48. The molecule has 0 N–H and O–H groups in total. The highest BCUT2D eigenvalue weighted by atomic mass is 79.9. The number of ether oxygens (including phenoxy) is 1. The van der Waals surface area contributed by atoms with Gasteiger partial charge in [0.15, 0.2) is 0 Å². The fourth-order valence-corrected chi connectivity index (χ4v) is 3.04. The Morgan fingerprint density at radius 3 is 2.48 bits per heavy atom. The number of hydrogen-bond donors (Lipinski definition) is 0. The molecule has 3 nitrogen and oxygen atoms in total. The first-order valence-corrected chi connectivity index (χ1v) is 7.93. The number of nitrogens with zero attached hydrogens (tertiary/aromatic N) is 1. The van der Waals surface area contributed by atoms with Gasteiger partial charge in [0.25, 0.3) is 0 Å². The van der Waals surface area contributed by atoms with Crippen LogP contribution >= 0.6 is 15.9 Å². The average molecular weight is 368 g/mol. The maximum atomic E-state index is 12.4. The fraction of sp³-hybridized carbons (Fsp3) is 0.0526. The molecule has 0 unspecified atom stereocenters. The molecule has 23 heavy (non-hydrogen) atoms. The van der Waals surface area contributed by atoms with Crippen LogP contribution in [-0.4, -0.2) is 11.0 Å². The summed E-state index contributed by atoms with van der Waals surface area (Å²) in [5.41, 5.74) is 3.01. The Hall–Kier alpha value is -2.46. The zero-order valence-electron chi connectivity index (χ0n) is 12.5. The predicted octanol–water partition coefficient (Wildman–Crippen LogP) is 5.04. The first-order valence-electron chi connectivity index (χ1n) is 7.14. The molecule has 0 amide bonds. The van der Waals surface area contributed by atoms with E-state index < -0.39 is 0 Å². The van der Waals surface area contributed by atoms with Crippen LogP contribution in [0.15, 0.2) is 71.3 Å². The minimum absolute atomic E-state index is 0.389. The molecular formula is C19H14BrNO2. The van der Waals surface area contributed by atoms with E-state index in [1.165, 1.54) is 0 Å². The number of rotatable bonds is 3. The minimum atomic E-state index is -0.389. The van der Waals surface area contributed by atoms with E-state index >= 15 is 0 Å². The molecule has 3 rings (SSSR count). The molecule has 0 fully saturated rings. The summed E-state index contributed by atoms with van der Waals surface area (Å²) in [5, 5.41) is 0. The van der Waals surface area contributed by atoms with Crippen molar-refractivity contribution >= 4 is 21.9 Å². The maximum Gasteiger partial charge on any atom is 0.343 e. The second-order valence-electron chi connectivity index (χ2n) is 5.09. The molecule has 0 bridgehead atoms. The summed E-state index contributed by atoms with van der Waals surface area (Å²) >= 11 is 3.55. The third-order valence-electron chi connectivity index (χ3n) is 3.33. The molecule has 2 aromatic carbocycles. The van der Waals surface area contributed by atoms with Crippen molar-refractivity contribution in [1.82, 2.24) is 4.98 Å². The third kappa shape index (κ3) is 3.48. The van der Waals surface area contributed by atoms with E-state index in [4.69, 9.17) is 4.74 Å². The first-order chi connectivity index (χ1) is 11.1. The number of carbonyl (C=O) groups excluding carboxylic acids is 1. The maximum absolute atomic E-state index is 12.4. The van der Waals surface area contributed by atoms with Gasteiger partial charge in [0.2, 0.25) is 0 Å². The Bertz CT molecular complexity index is 833. The number of halogens is 1. The van der Waals surface area contributed by atoms with Gasteiger partial charge >= 0.3 is 5.97 Å². The van der Waals surface area contributed by atoms with Gasteiger partial charge in [-0.05, 0) is 64.8 Å². The summed E-state index contributed by atoms with van der Waals surface area (Å²) in [6, 6.07) is 18.4. The van der Waals surface area contributed by atoms with Gasteiger partial charge in [-0.25, -0.2) is 4.79 Å². The Morgan fingerprint density at radius 2 is 1.78 bits per heavy atom. The molecule has 0 saturated carbocycles. The molecule has 114 valence electrons. The third-order valence-corrected chi connectivity index (χ3v) is 3.96. The second kappa shape index (κ2) is 6.75. The average Bonchev–Trinajstić information content (AvgIpc) is 2.56. The molecule has 0 aliphatic rings. The molecule has 3 aromatic rings. The molecule has 1 aromatic heterocycles. The quantitative estimate of drug-likeness (QED) is 0.480. The van der Waals surface area contributed by atoms with Crippen molar-refractivity contribution in [3.8, 4) is 17.0 Å². The van der Waals surface area contributed by atoms with Gasteiger partial charge in [-0.3, -0.25) is 4.98 Å². The van der Waals surface area contributed by atoms with Crippen LogP contribution in [0.25, 0.3) is 11.3 Å². The normalized spacial score (nSPS) is 10.3. The van der Waals surface area contributed by atoms with E-state index in [0.29, 0.717) is 11.3 Å². The molecule has 0 saturated heterocycles. The van der Waals surface area contributed by atoms with Crippen LogP contribution in [0.3, 0.4) is 0 Å². The number of benzene rings is 2. The smallest absolute Gasteiger partial charge is 0.343 e. The minimum Gasteiger partial charge on any atom is -0.422 e. The molecule has 0 spiro atoms. The van der Waals surface area contributed by atoms with Crippen LogP contribution in [0.5, 0.6) is 5.75 Å². The lowest BCUT2D eigenvalue weighted by atomic mass is 10.1. The summed E-state index contributed by atoms with van der Waals surface area (Å²) in [6.45, 7) is 1.95. The van der Waals surface area contributed by atoms with Gasteiger partial charge in [0.05, 0.1) is 16.8 Å². The van der Waals surface area contributed by atoms with Crippen LogP contribution in [0.1, 0.15) is 15.9 Å². The van der Waals surface area contributed by atoms with Crippen molar-refractivity contribution in [2.75, 3.05) is 0 Å². The van der Waals surface area contributed by atoms with Gasteiger partial charge in [0, 0.05) is 10.7 Å². The van der Waals surface area contributed by atoms with Crippen molar-refractivity contribution in [1.29, 1.82) is 0 Å². The van der Waals surface area contributed by atoms with E-state index in [0.717, 1.165) is 21.3 Å². The van der Waals surface area contributed by atoms with Gasteiger partial charge in [0.1, 0.15) is 5.75 Å². The number of aromatic nitrogens is 1. The van der Waals surface area contributed by atoms with Crippen LogP contribution in [0.2, 0.25) is 0 Å². The van der Waals surface area contributed by atoms with Gasteiger partial charge in [-0.1, -0.05) is 24.3 Å². The number of carbonyl (C=O) groups is 1. The van der Waals surface area contributed by atoms with Gasteiger partial charge in [-0.2, -0.15) is 0 Å². The lowest BCUT2D eigenvalue weighted by molar-refractivity contribution is 0.0735. The van der Waals surface area contributed by atoms with Crippen molar-refractivity contribution in [3.05, 3.63) is 82.5 Å². The molecule has 0 radical (unpaired) electrons. The monoisotopic (exact) mass is 367 g/mol. The Labute approximate surface area is 143 Å². The molecule has 4 heteroatoms. The largest absolute Gasteiger partial charge is 0.422 e. The van der Waals surface area contributed by atoms with Crippen molar-refractivity contribution in [2.24, 2.45) is 0 Å². The van der Waals surface area contributed by atoms with E-state index in [-0.39, 0.29) is 5.97 Å². The van der Waals surface area contributed by atoms with Crippen molar-refractivity contribution in [3.63, 3.8) is 0 Å². The zero-order chi connectivity index (χ0) is 16.2. The fourth-order valence-electron chi connectivity index (χ4n) is 2.28. The van der Waals surface area contributed by atoms with Gasteiger partial charge < -0.3 is 4.74 Å². The van der Waals surface area contributed by atoms with E-state index in [9.17, 15) is 4.79 Å². The topological polar surface area (TPSA) is 39.2 Å². The zero-order valence-corrected chi connectivity index (χ0v) is 14.1. The van der Waals surface area contributed by atoms with Gasteiger partial charge in [-0.15, -0.1) is 0 Å². The summed E-state index contributed by atoms with van der Waals surface area (Å²) in [7, 11) is 0. The predicted molar refractivity (Wildman–Crippen MR) is 93.5 cm³/mol. The number of esters is 1. The lowest BCUT2D eigenvalue weighted by Gasteiger charge is -2.13. The van der Waals surface area contributed by atoms with Crippen LogP contribution in [0.4, 0.5) is 0 Å². The summed E-state index contributed by atoms with van der Waals surface area (Å²) in [4.78, 5) is 16.7. The molecular weight excluding hydrogens is 354 g/mol. The van der Waals surface area contributed by atoms with E-state index in [1.54, 1.807) is 18.3 Å². The second-order valence-corrected chi connectivity index (χ2v) is 5.94.